The monoisotopic (exact) mass is 429 g/mol. The second-order valence-corrected chi connectivity index (χ2v) is 7.45. The van der Waals surface area contributed by atoms with E-state index in [0.717, 1.165) is 12.0 Å². The lowest BCUT2D eigenvalue weighted by Crippen LogP contribution is -2.29. The summed E-state index contributed by atoms with van der Waals surface area (Å²) in [5, 5.41) is 11.2. The Labute approximate surface area is 186 Å². The summed E-state index contributed by atoms with van der Waals surface area (Å²) in [6, 6.07) is 13.2. The van der Waals surface area contributed by atoms with Crippen molar-refractivity contribution >= 4 is 17.4 Å². The largest absolute Gasteiger partial charge is 0.507 e. The summed E-state index contributed by atoms with van der Waals surface area (Å²) in [6.07, 6.45) is 7.33. The number of hydrogen-bond acceptors (Lipinski definition) is 6. The second-order valence-electron chi connectivity index (χ2n) is 7.45. The Kier molecular flexibility index (Phi) is 6.26. The van der Waals surface area contributed by atoms with Crippen LogP contribution in [0.4, 0.5) is 0 Å². The Balaban J connectivity index is 1.80. The summed E-state index contributed by atoms with van der Waals surface area (Å²) < 4.78 is 5.66. The van der Waals surface area contributed by atoms with Gasteiger partial charge in [0.05, 0.1) is 18.2 Å². The quantitative estimate of drug-likeness (QED) is 0.348. The van der Waals surface area contributed by atoms with E-state index in [2.05, 4.69) is 9.97 Å². The molecule has 0 radical (unpaired) electrons. The first-order valence-electron chi connectivity index (χ1n) is 10.4. The number of amides is 1. The van der Waals surface area contributed by atoms with Crippen LogP contribution in [0.3, 0.4) is 0 Å². The number of Topliss-reactive ketones (excluding diaryl/α,β-unsaturated/α-hetero) is 1. The maximum Gasteiger partial charge on any atom is 0.295 e. The first kappa shape index (κ1) is 21.2. The molecule has 1 aromatic carbocycles. The number of carbonyl (C=O) groups excluding carboxylic acids is 2. The van der Waals surface area contributed by atoms with E-state index in [1.54, 1.807) is 67.3 Å². The molecule has 1 aliphatic heterocycles. The molecule has 3 aromatic rings. The van der Waals surface area contributed by atoms with Crippen LogP contribution in [0.5, 0.6) is 5.75 Å². The molecular weight excluding hydrogens is 406 g/mol. The van der Waals surface area contributed by atoms with Gasteiger partial charge in [-0.1, -0.05) is 25.1 Å². The zero-order valence-electron chi connectivity index (χ0n) is 17.6. The van der Waals surface area contributed by atoms with Crippen LogP contribution in [0.1, 0.15) is 36.1 Å². The number of benzene rings is 1. The highest BCUT2D eigenvalue weighted by atomic mass is 16.5. The Morgan fingerprint density at radius 3 is 2.59 bits per heavy atom. The van der Waals surface area contributed by atoms with Crippen molar-refractivity contribution in [2.45, 2.75) is 25.9 Å². The summed E-state index contributed by atoms with van der Waals surface area (Å²) in [7, 11) is 0. The van der Waals surface area contributed by atoms with Crippen LogP contribution in [0, 0.1) is 0 Å². The van der Waals surface area contributed by atoms with Crippen molar-refractivity contribution in [3.63, 3.8) is 0 Å². The first-order valence-corrected chi connectivity index (χ1v) is 10.4. The van der Waals surface area contributed by atoms with Gasteiger partial charge < -0.3 is 14.7 Å². The summed E-state index contributed by atoms with van der Waals surface area (Å²) in [5.41, 5.74) is 1.92. The fourth-order valence-electron chi connectivity index (χ4n) is 3.73. The molecule has 1 aliphatic rings. The normalized spacial score (nSPS) is 17.5. The molecule has 1 N–H and O–H groups in total. The van der Waals surface area contributed by atoms with Crippen LogP contribution >= 0.6 is 0 Å². The number of ether oxygens (including phenoxy) is 1. The molecule has 7 nitrogen and oxygen atoms in total. The van der Waals surface area contributed by atoms with Gasteiger partial charge in [-0.05, 0) is 47.9 Å². The van der Waals surface area contributed by atoms with E-state index in [-0.39, 0.29) is 17.9 Å². The van der Waals surface area contributed by atoms with Gasteiger partial charge in [0, 0.05) is 36.9 Å². The molecule has 1 saturated heterocycles. The van der Waals surface area contributed by atoms with Gasteiger partial charge in [0.25, 0.3) is 11.7 Å². The Morgan fingerprint density at radius 2 is 1.88 bits per heavy atom. The van der Waals surface area contributed by atoms with Crippen molar-refractivity contribution in [3.8, 4) is 5.75 Å². The average molecular weight is 429 g/mol. The minimum Gasteiger partial charge on any atom is -0.507 e. The van der Waals surface area contributed by atoms with Crippen molar-refractivity contribution in [1.82, 2.24) is 14.9 Å². The van der Waals surface area contributed by atoms with Crippen LogP contribution < -0.4 is 4.74 Å². The van der Waals surface area contributed by atoms with E-state index in [4.69, 9.17) is 4.74 Å². The molecule has 0 spiro atoms. The second kappa shape index (κ2) is 9.43. The summed E-state index contributed by atoms with van der Waals surface area (Å²) in [4.78, 5) is 35.7. The molecule has 2 aromatic heterocycles. The topological polar surface area (TPSA) is 92.6 Å². The number of ketones is 1. The number of likely N-dealkylation sites (tertiary alicyclic amines) is 1. The fourth-order valence-corrected chi connectivity index (χ4v) is 3.73. The molecule has 7 heteroatoms. The molecule has 0 saturated carbocycles. The number of aliphatic hydroxyl groups excluding tert-OH is 1. The maximum absolute atomic E-state index is 13.1. The van der Waals surface area contributed by atoms with E-state index in [1.807, 2.05) is 13.0 Å². The zero-order chi connectivity index (χ0) is 22.5. The number of aromatic nitrogens is 2. The van der Waals surface area contributed by atoms with Gasteiger partial charge in [-0.2, -0.15) is 0 Å². The number of pyridine rings is 2. The van der Waals surface area contributed by atoms with Gasteiger partial charge in [0.2, 0.25) is 0 Å². The molecule has 1 fully saturated rings. The van der Waals surface area contributed by atoms with Gasteiger partial charge in [-0.15, -0.1) is 0 Å². The predicted octanol–water partition coefficient (Wildman–Crippen LogP) is 3.89. The molecular formula is C25H23N3O4. The average Bonchev–Trinajstić information content (AvgIpc) is 3.08. The Bertz CT molecular complexity index is 1150. The SMILES string of the molecule is CCCOc1cccc(/C(O)=C2/C(=O)C(=O)N(Cc3cccnc3)C2c2ccncc2)c1. The Hall–Kier alpha value is -4.00. The van der Waals surface area contributed by atoms with E-state index in [0.29, 0.717) is 23.5 Å². The highest BCUT2D eigenvalue weighted by Gasteiger charge is 2.46. The molecule has 32 heavy (non-hydrogen) atoms. The Morgan fingerprint density at radius 1 is 1.06 bits per heavy atom. The number of nitrogens with zero attached hydrogens (tertiary/aromatic N) is 3. The number of rotatable bonds is 7. The first-order chi connectivity index (χ1) is 15.6. The lowest BCUT2D eigenvalue weighted by Gasteiger charge is -2.25. The summed E-state index contributed by atoms with van der Waals surface area (Å²) >= 11 is 0. The zero-order valence-corrected chi connectivity index (χ0v) is 17.6. The third-order valence-corrected chi connectivity index (χ3v) is 5.22. The maximum atomic E-state index is 13.1. The van der Waals surface area contributed by atoms with Gasteiger partial charge in [0.1, 0.15) is 11.5 Å². The number of hydrogen-bond donors (Lipinski definition) is 1. The molecule has 162 valence electrons. The molecule has 0 bridgehead atoms. The van der Waals surface area contributed by atoms with Crippen LogP contribution in [0.2, 0.25) is 0 Å². The van der Waals surface area contributed by atoms with Gasteiger partial charge in [0.15, 0.2) is 0 Å². The van der Waals surface area contributed by atoms with Crippen LogP contribution in [-0.2, 0) is 16.1 Å². The lowest BCUT2D eigenvalue weighted by molar-refractivity contribution is -0.140. The van der Waals surface area contributed by atoms with Crippen LogP contribution in [0.15, 0.2) is 78.9 Å². The van der Waals surface area contributed by atoms with E-state index >= 15 is 0 Å². The van der Waals surface area contributed by atoms with Gasteiger partial charge in [-0.25, -0.2) is 0 Å². The molecule has 1 atom stereocenters. The van der Waals surface area contributed by atoms with Crippen molar-refractivity contribution in [3.05, 3.63) is 95.6 Å². The van der Waals surface area contributed by atoms with Crippen LogP contribution in [0.25, 0.3) is 5.76 Å². The van der Waals surface area contributed by atoms with Crippen molar-refractivity contribution in [2.75, 3.05) is 6.61 Å². The van der Waals surface area contributed by atoms with Crippen LogP contribution in [-0.4, -0.2) is 38.3 Å². The number of aliphatic hydroxyl groups is 1. The van der Waals surface area contributed by atoms with E-state index in [1.165, 1.54) is 4.90 Å². The highest BCUT2D eigenvalue weighted by molar-refractivity contribution is 6.46. The molecule has 3 heterocycles. The summed E-state index contributed by atoms with van der Waals surface area (Å²) in [5.74, 6) is -1.05. The fraction of sp³-hybridized carbons (Fsp3) is 0.200. The lowest BCUT2D eigenvalue weighted by atomic mass is 9.96. The third-order valence-electron chi connectivity index (χ3n) is 5.22. The minimum absolute atomic E-state index is 0.0396. The minimum atomic E-state index is -0.751. The van der Waals surface area contributed by atoms with E-state index < -0.39 is 17.7 Å². The predicted molar refractivity (Wildman–Crippen MR) is 119 cm³/mol. The van der Waals surface area contributed by atoms with E-state index in [9.17, 15) is 14.7 Å². The molecule has 4 rings (SSSR count). The third kappa shape index (κ3) is 4.23. The van der Waals surface area contributed by atoms with Crippen molar-refractivity contribution < 1.29 is 19.4 Å². The van der Waals surface area contributed by atoms with Crippen molar-refractivity contribution in [1.29, 1.82) is 0 Å². The molecule has 1 unspecified atom stereocenters. The standard InChI is InChI=1S/C25H23N3O4/c1-2-13-32-20-7-3-6-19(14-20)23(29)21-22(18-8-11-26-12-9-18)28(25(31)24(21)30)16-17-5-4-10-27-15-17/h3-12,14-15,22,29H,2,13,16H2,1H3/b23-21-. The molecule has 0 aliphatic carbocycles. The van der Waals surface area contributed by atoms with Gasteiger partial charge >= 0.3 is 0 Å². The molecule has 1 amide bonds. The van der Waals surface area contributed by atoms with Gasteiger partial charge in [-0.3, -0.25) is 19.6 Å². The van der Waals surface area contributed by atoms with Crippen molar-refractivity contribution in [2.24, 2.45) is 0 Å². The number of carbonyl (C=O) groups is 2. The smallest absolute Gasteiger partial charge is 0.295 e. The summed E-state index contributed by atoms with van der Waals surface area (Å²) in [6.45, 7) is 2.72. The highest BCUT2D eigenvalue weighted by Crippen LogP contribution is 2.40.